The van der Waals surface area contributed by atoms with E-state index < -0.39 is 15.9 Å². The van der Waals surface area contributed by atoms with Gasteiger partial charge in [-0.05, 0) is 54.4 Å². The second kappa shape index (κ2) is 6.86. The fourth-order valence-corrected chi connectivity index (χ4v) is 3.41. The standard InChI is InChI=1S/C19H14ClFO3S/c1-13-5-8-17(9-6-13)25(22,23)24-19-10-7-15(12-18(19)21)14-3-2-4-16(20)11-14/h2-12H,1H3. The topological polar surface area (TPSA) is 43.4 Å². The SMILES string of the molecule is Cc1ccc(S(=O)(=O)Oc2ccc(-c3cccc(Cl)c3)cc2F)cc1. The van der Waals surface area contributed by atoms with Gasteiger partial charge >= 0.3 is 10.1 Å². The highest BCUT2D eigenvalue weighted by Gasteiger charge is 2.19. The van der Waals surface area contributed by atoms with Gasteiger partial charge in [-0.15, -0.1) is 0 Å². The van der Waals surface area contributed by atoms with Gasteiger partial charge in [-0.3, -0.25) is 0 Å². The molecule has 0 amide bonds. The monoisotopic (exact) mass is 376 g/mol. The molecule has 0 aliphatic carbocycles. The molecular formula is C19H14ClFO3S. The Morgan fingerprint density at radius 1 is 0.920 bits per heavy atom. The van der Waals surface area contributed by atoms with Gasteiger partial charge in [0.1, 0.15) is 4.90 Å². The molecule has 0 aliphatic heterocycles. The second-order valence-corrected chi connectivity index (χ2v) is 7.49. The average molecular weight is 377 g/mol. The van der Waals surface area contributed by atoms with E-state index in [1.54, 1.807) is 42.5 Å². The molecule has 3 rings (SSSR count). The van der Waals surface area contributed by atoms with Crippen LogP contribution in [0.3, 0.4) is 0 Å². The van der Waals surface area contributed by atoms with E-state index in [1.165, 1.54) is 24.3 Å². The van der Waals surface area contributed by atoms with Crippen molar-refractivity contribution in [3.05, 3.63) is 83.1 Å². The molecule has 0 aromatic heterocycles. The molecule has 0 bridgehead atoms. The van der Waals surface area contributed by atoms with Crippen molar-refractivity contribution in [1.29, 1.82) is 0 Å². The molecule has 0 saturated carbocycles. The zero-order chi connectivity index (χ0) is 18.0. The summed E-state index contributed by atoms with van der Waals surface area (Å²) in [6, 6.07) is 17.2. The fourth-order valence-electron chi connectivity index (χ4n) is 2.29. The van der Waals surface area contributed by atoms with Gasteiger partial charge in [-0.25, -0.2) is 4.39 Å². The molecule has 0 spiro atoms. The maximum atomic E-state index is 14.3. The highest BCUT2D eigenvalue weighted by atomic mass is 35.5. The number of benzene rings is 3. The summed E-state index contributed by atoms with van der Waals surface area (Å²) in [5.41, 5.74) is 2.20. The minimum absolute atomic E-state index is 0.0311. The molecule has 0 fully saturated rings. The van der Waals surface area contributed by atoms with Crippen LogP contribution in [-0.2, 0) is 10.1 Å². The predicted octanol–water partition coefficient (Wildman–Crippen LogP) is 5.22. The van der Waals surface area contributed by atoms with Crippen molar-refractivity contribution in [2.24, 2.45) is 0 Å². The molecule has 128 valence electrons. The Morgan fingerprint density at radius 2 is 1.60 bits per heavy atom. The summed E-state index contributed by atoms with van der Waals surface area (Å²) in [4.78, 5) is -0.0311. The highest BCUT2D eigenvalue weighted by Crippen LogP contribution is 2.29. The number of aryl methyl sites for hydroxylation is 1. The van der Waals surface area contributed by atoms with Crippen LogP contribution in [0.25, 0.3) is 11.1 Å². The van der Waals surface area contributed by atoms with Crippen LogP contribution in [-0.4, -0.2) is 8.42 Å². The number of hydrogen-bond donors (Lipinski definition) is 0. The van der Waals surface area contributed by atoms with Crippen LogP contribution < -0.4 is 4.18 Å². The average Bonchev–Trinajstić information content (AvgIpc) is 2.57. The normalized spacial score (nSPS) is 11.3. The van der Waals surface area contributed by atoms with E-state index in [-0.39, 0.29) is 10.6 Å². The van der Waals surface area contributed by atoms with E-state index >= 15 is 0 Å². The largest absolute Gasteiger partial charge is 0.376 e. The van der Waals surface area contributed by atoms with Gasteiger partial charge in [-0.1, -0.05) is 47.5 Å². The molecule has 6 heteroatoms. The molecule has 0 radical (unpaired) electrons. The van der Waals surface area contributed by atoms with Crippen LogP contribution in [0.15, 0.2) is 71.6 Å². The van der Waals surface area contributed by atoms with Crippen molar-refractivity contribution in [3.8, 4) is 16.9 Å². The predicted molar refractivity (Wildman–Crippen MR) is 95.8 cm³/mol. The molecule has 3 aromatic carbocycles. The molecule has 0 saturated heterocycles. The van der Waals surface area contributed by atoms with E-state index in [0.29, 0.717) is 10.6 Å². The number of hydrogen-bond acceptors (Lipinski definition) is 3. The maximum absolute atomic E-state index is 14.3. The van der Waals surface area contributed by atoms with Gasteiger partial charge in [0.05, 0.1) is 0 Å². The van der Waals surface area contributed by atoms with E-state index in [4.69, 9.17) is 15.8 Å². The zero-order valence-electron chi connectivity index (χ0n) is 13.2. The quantitative estimate of drug-likeness (QED) is 0.586. The fraction of sp³-hybridized carbons (Fsp3) is 0.0526. The van der Waals surface area contributed by atoms with Crippen LogP contribution in [0.5, 0.6) is 5.75 Å². The Bertz CT molecular complexity index is 1020. The van der Waals surface area contributed by atoms with Gasteiger partial charge in [0.2, 0.25) is 0 Å². The Balaban J connectivity index is 1.90. The highest BCUT2D eigenvalue weighted by molar-refractivity contribution is 7.87. The van der Waals surface area contributed by atoms with E-state index in [0.717, 1.165) is 11.1 Å². The van der Waals surface area contributed by atoms with E-state index in [9.17, 15) is 12.8 Å². The lowest BCUT2D eigenvalue weighted by molar-refractivity contribution is 0.461. The molecule has 0 N–H and O–H groups in total. The molecule has 3 aromatic rings. The van der Waals surface area contributed by atoms with Crippen LogP contribution in [0.2, 0.25) is 5.02 Å². The molecule has 0 heterocycles. The molecule has 25 heavy (non-hydrogen) atoms. The van der Waals surface area contributed by atoms with Crippen molar-refractivity contribution in [3.63, 3.8) is 0 Å². The maximum Gasteiger partial charge on any atom is 0.339 e. The van der Waals surface area contributed by atoms with Gasteiger partial charge in [0, 0.05) is 5.02 Å². The first kappa shape index (κ1) is 17.5. The van der Waals surface area contributed by atoms with Crippen molar-refractivity contribution in [2.45, 2.75) is 11.8 Å². The summed E-state index contributed by atoms with van der Waals surface area (Å²) >= 11 is 5.93. The first-order chi connectivity index (χ1) is 11.8. The van der Waals surface area contributed by atoms with Crippen molar-refractivity contribution in [2.75, 3.05) is 0 Å². The Hall–Kier alpha value is -2.37. The molecular weight excluding hydrogens is 363 g/mol. The lowest BCUT2D eigenvalue weighted by atomic mass is 10.1. The van der Waals surface area contributed by atoms with Crippen LogP contribution >= 0.6 is 11.6 Å². The lowest BCUT2D eigenvalue weighted by Crippen LogP contribution is -2.10. The van der Waals surface area contributed by atoms with Crippen LogP contribution in [0.4, 0.5) is 4.39 Å². The molecule has 0 aliphatic rings. The summed E-state index contributed by atoms with van der Waals surface area (Å²) in [6.45, 7) is 1.84. The Morgan fingerprint density at radius 3 is 2.24 bits per heavy atom. The first-order valence-electron chi connectivity index (χ1n) is 7.42. The van der Waals surface area contributed by atoms with Crippen LogP contribution in [0, 0.1) is 12.7 Å². The van der Waals surface area contributed by atoms with Gasteiger partial charge in [-0.2, -0.15) is 8.42 Å². The molecule has 0 atom stereocenters. The minimum atomic E-state index is -4.10. The van der Waals surface area contributed by atoms with E-state index in [1.807, 2.05) is 6.92 Å². The third-order valence-corrected chi connectivity index (χ3v) is 5.08. The summed E-state index contributed by atoms with van der Waals surface area (Å²) in [5.74, 6) is -1.13. The van der Waals surface area contributed by atoms with Crippen molar-refractivity contribution < 1.29 is 17.0 Å². The van der Waals surface area contributed by atoms with Gasteiger partial charge in [0.15, 0.2) is 11.6 Å². The summed E-state index contributed by atoms with van der Waals surface area (Å²) in [5, 5.41) is 0.528. The number of halogens is 2. The van der Waals surface area contributed by atoms with Gasteiger partial charge in [0.25, 0.3) is 0 Å². The third-order valence-electron chi connectivity index (χ3n) is 3.60. The Kier molecular flexibility index (Phi) is 4.79. The summed E-state index contributed by atoms with van der Waals surface area (Å²) < 4.78 is 43.8. The smallest absolute Gasteiger partial charge is 0.339 e. The van der Waals surface area contributed by atoms with Crippen molar-refractivity contribution in [1.82, 2.24) is 0 Å². The van der Waals surface area contributed by atoms with Gasteiger partial charge < -0.3 is 4.18 Å². The molecule has 0 unspecified atom stereocenters. The first-order valence-corrected chi connectivity index (χ1v) is 9.20. The second-order valence-electron chi connectivity index (χ2n) is 5.51. The van der Waals surface area contributed by atoms with Crippen molar-refractivity contribution >= 4 is 21.7 Å². The Labute approximate surface area is 150 Å². The number of rotatable bonds is 4. The third kappa shape index (κ3) is 4.00. The molecule has 3 nitrogen and oxygen atoms in total. The lowest BCUT2D eigenvalue weighted by Gasteiger charge is -2.10. The summed E-state index contributed by atoms with van der Waals surface area (Å²) in [7, 11) is -4.10. The van der Waals surface area contributed by atoms with E-state index in [2.05, 4.69) is 0 Å². The zero-order valence-corrected chi connectivity index (χ0v) is 14.8. The summed E-state index contributed by atoms with van der Waals surface area (Å²) in [6.07, 6.45) is 0. The van der Waals surface area contributed by atoms with Crippen LogP contribution in [0.1, 0.15) is 5.56 Å². The minimum Gasteiger partial charge on any atom is -0.376 e.